The second kappa shape index (κ2) is 4.73. The number of carbonyl (C=O) groups is 1. The van der Waals surface area contributed by atoms with Crippen LogP contribution in [0.4, 0.5) is 5.69 Å². The lowest BCUT2D eigenvalue weighted by molar-refractivity contribution is 0.101. The molecule has 1 fully saturated rings. The van der Waals surface area contributed by atoms with Gasteiger partial charge >= 0.3 is 0 Å². The predicted molar refractivity (Wildman–Crippen MR) is 75.1 cm³/mol. The van der Waals surface area contributed by atoms with Crippen LogP contribution in [0.5, 0.6) is 0 Å². The Bertz CT molecular complexity index is 436. The van der Waals surface area contributed by atoms with E-state index in [0.717, 1.165) is 30.6 Å². The molecule has 0 bridgehead atoms. The van der Waals surface area contributed by atoms with E-state index in [9.17, 15) is 4.79 Å². The highest BCUT2D eigenvalue weighted by Gasteiger charge is 2.32. The number of piperidine rings is 1. The Balaban J connectivity index is 2.26. The summed E-state index contributed by atoms with van der Waals surface area (Å²) in [6.07, 6.45) is 2.18. The molecule has 0 aromatic heterocycles. The third kappa shape index (κ3) is 2.56. The third-order valence-electron chi connectivity index (χ3n) is 3.86. The first-order valence-corrected chi connectivity index (χ1v) is 6.54. The molecule has 3 nitrogen and oxygen atoms in total. The summed E-state index contributed by atoms with van der Waals surface area (Å²) in [4.78, 5) is 13.6. The number of hydrogen-bond acceptors (Lipinski definition) is 3. The summed E-state index contributed by atoms with van der Waals surface area (Å²) < 4.78 is 0. The topological polar surface area (TPSA) is 46.3 Å². The Morgan fingerprint density at radius 1 is 1.33 bits per heavy atom. The average molecular weight is 246 g/mol. The number of benzene rings is 1. The predicted octanol–water partition coefficient (Wildman–Crippen LogP) is 2.60. The van der Waals surface area contributed by atoms with Crippen LogP contribution in [0.3, 0.4) is 0 Å². The molecule has 1 aromatic carbocycles. The Morgan fingerprint density at radius 3 is 2.50 bits per heavy atom. The fourth-order valence-electron chi connectivity index (χ4n) is 2.58. The molecule has 18 heavy (non-hydrogen) atoms. The van der Waals surface area contributed by atoms with E-state index in [2.05, 4.69) is 18.7 Å². The second-order valence-corrected chi connectivity index (χ2v) is 5.82. The van der Waals surface area contributed by atoms with Crippen molar-refractivity contribution in [3.8, 4) is 0 Å². The highest BCUT2D eigenvalue weighted by Crippen LogP contribution is 2.32. The molecule has 1 unspecified atom stereocenters. The molecule has 1 saturated heterocycles. The van der Waals surface area contributed by atoms with Crippen LogP contribution in [0.15, 0.2) is 24.3 Å². The van der Waals surface area contributed by atoms with Crippen molar-refractivity contribution in [2.75, 3.05) is 11.4 Å². The SMILES string of the molecule is CC(=O)c1ccc(N2CC(N)CCC2(C)C)cc1. The summed E-state index contributed by atoms with van der Waals surface area (Å²) in [7, 11) is 0. The van der Waals surface area contributed by atoms with E-state index in [4.69, 9.17) is 5.73 Å². The van der Waals surface area contributed by atoms with Crippen molar-refractivity contribution in [2.45, 2.75) is 45.2 Å². The molecule has 2 N–H and O–H groups in total. The van der Waals surface area contributed by atoms with Crippen molar-refractivity contribution in [1.29, 1.82) is 0 Å². The molecule has 3 heteroatoms. The number of carbonyl (C=O) groups excluding carboxylic acids is 1. The smallest absolute Gasteiger partial charge is 0.159 e. The molecule has 0 spiro atoms. The quantitative estimate of drug-likeness (QED) is 0.816. The van der Waals surface area contributed by atoms with E-state index in [1.54, 1.807) is 6.92 Å². The Morgan fingerprint density at radius 2 is 1.94 bits per heavy atom. The van der Waals surface area contributed by atoms with Gasteiger partial charge in [-0.15, -0.1) is 0 Å². The molecule has 1 aliphatic heterocycles. The third-order valence-corrected chi connectivity index (χ3v) is 3.86. The van der Waals surface area contributed by atoms with Gasteiger partial charge in [-0.1, -0.05) is 0 Å². The summed E-state index contributed by atoms with van der Waals surface area (Å²) in [5, 5.41) is 0. The maximum absolute atomic E-state index is 11.3. The van der Waals surface area contributed by atoms with Gasteiger partial charge < -0.3 is 10.6 Å². The van der Waals surface area contributed by atoms with Crippen LogP contribution in [0.25, 0.3) is 0 Å². The molecular weight excluding hydrogens is 224 g/mol. The second-order valence-electron chi connectivity index (χ2n) is 5.82. The Hall–Kier alpha value is -1.35. The van der Waals surface area contributed by atoms with E-state index < -0.39 is 0 Å². The number of ketones is 1. The van der Waals surface area contributed by atoms with Crippen LogP contribution in [0.2, 0.25) is 0 Å². The Labute approximate surface area is 109 Å². The van der Waals surface area contributed by atoms with Crippen molar-refractivity contribution in [2.24, 2.45) is 5.73 Å². The van der Waals surface area contributed by atoms with Gasteiger partial charge in [0.25, 0.3) is 0 Å². The summed E-state index contributed by atoms with van der Waals surface area (Å²) in [6, 6.07) is 8.08. The van der Waals surface area contributed by atoms with Crippen LogP contribution < -0.4 is 10.6 Å². The van der Waals surface area contributed by atoms with E-state index in [1.807, 2.05) is 24.3 Å². The molecule has 0 saturated carbocycles. The molecule has 0 amide bonds. The van der Waals surface area contributed by atoms with E-state index >= 15 is 0 Å². The molecule has 1 atom stereocenters. The monoisotopic (exact) mass is 246 g/mol. The highest BCUT2D eigenvalue weighted by molar-refractivity contribution is 5.94. The molecule has 0 radical (unpaired) electrons. The number of rotatable bonds is 2. The highest BCUT2D eigenvalue weighted by atomic mass is 16.1. The molecule has 1 heterocycles. The first-order chi connectivity index (χ1) is 8.40. The van der Waals surface area contributed by atoms with Crippen molar-refractivity contribution < 1.29 is 4.79 Å². The van der Waals surface area contributed by atoms with Gasteiger partial charge in [0.1, 0.15) is 0 Å². The van der Waals surface area contributed by atoms with Gasteiger partial charge in [0.05, 0.1) is 0 Å². The molecule has 2 rings (SSSR count). The van der Waals surface area contributed by atoms with Crippen LogP contribution in [-0.4, -0.2) is 23.9 Å². The lowest BCUT2D eigenvalue weighted by Gasteiger charge is -2.46. The van der Waals surface area contributed by atoms with Crippen molar-refractivity contribution in [1.82, 2.24) is 0 Å². The van der Waals surface area contributed by atoms with Crippen LogP contribution in [-0.2, 0) is 0 Å². The largest absolute Gasteiger partial charge is 0.365 e. The van der Waals surface area contributed by atoms with Gasteiger partial charge in [-0.25, -0.2) is 0 Å². The van der Waals surface area contributed by atoms with Gasteiger partial charge in [0.15, 0.2) is 5.78 Å². The van der Waals surface area contributed by atoms with Crippen molar-refractivity contribution in [3.05, 3.63) is 29.8 Å². The summed E-state index contributed by atoms with van der Waals surface area (Å²) >= 11 is 0. The number of Topliss-reactive ketones (excluding diaryl/α,β-unsaturated/α-hetero) is 1. The minimum absolute atomic E-state index is 0.108. The fraction of sp³-hybridized carbons (Fsp3) is 0.533. The van der Waals surface area contributed by atoms with Gasteiger partial charge in [-0.2, -0.15) is 0 Å². The number of nitrogens with zero attached hydrogens (tertiary/aromatic N) is 1. The minimum atomic E-state index is 0.108. The average Bonchev–Trinajstić information content (AvgIpc) is 2.32. The molecule has 1 aliphatic rings. The Kier molecular flexibility index (Phi) is 3.44. The van der Waals surface area contributed by atoms with Crippen molar-refractivity contribution >= 4 is 11.5 Å². The van der Waals surface area contributed by atoms with Crippen LogP contribution >= 0.6 is 0 Å². The lowest BCUT2D eigenvalue weighted by Crippen LogP contribution is -2.54. The maximum atomic E-state index is 11.3. The maximum Gasteiger partial charge on any atom is 0.159 e. The zero-order valence-corrected chi connectivity index (χ0v) is 11.4. The standard InChI is InChI=1S/C15H22N2O/c1-11(18)12-4-6-14(7-5-12)17-10-13(16)8-9-15(17,2)3/h4-7,13H,8-10,16H2,1-3H3. The van der Waals surface area contributed by atoms with Crippen LogP contribution in [0.1, 0.15) is 44.0 Å². The van der Waals surface area contributed by atoms with Crippen molar-refractivity contribution in [3.63, 3.8) is 0 Å². The molecule has 1 aromatic rings. The van der Waals surface area contributed by atoms with E-state index in [1.165, 1.54) is 0 Å². The zero-order chi connectivity index (χ0) is 13.3. The van der Waals surface area contributed by atoms with Gasteiger partial charge in [0, 0.05) is 29.4 Å². The molecule has 98 valence electrons. The number of hydrogen-bond donors (Lipinski definition) is 1. The van der Waals surface area contributed by atoms with Gasteiger partial charge in [-0.3, -0.25) is 4.79 Å². The van der Waals surface area contributed by atoms with Gasteiger partial charge in [-0.05, 0) is 57.9 Å². The van der Waals surface area contributed by atoms with E-state index in [-0.39, 0.29) is 17.4 Å². The fourth-order valence-corrected chi connectivity index (χ4v) is 2.58. The summed E-state index contributed by atoms with van der Waals surface area (Å²) in [5.74, 6) is 0.108. The number of nitrogens with two attached hydrogens (primary N) is 1. The molecular formula is C15H22N2O. The van der Waals surface area contributed by atoms with Crippen LogP contribution in [0, 0.1) is 0 Å². The zero-order valence-electron chi connectivity index (χ0n) is 11.4. The van der Waals surface area contributed by atoms with E-state index in [0.29, 0.717) is 0 Å². The summed E-state index contributed by atoms with van der Waals surface area (Å²) in [6.45, 7) is 6.97. The lowest BCUT2D eigenvalue weighted by atomic mass is 9.87. The normalized spacial score (nSPS) is 22.9. The number of anilines is 1. The summed E-state index contributed by atoms with van der Waals surface area (Å²) in [5.41, 5.74) is 8.11. The first kappa shape index (κ1) is 13.1. The molecule has 0 aliphatic carbocycles. The minimum Gasteiger partial charge on any atom is -0.365 e. The first-order valence-electron chi connectivity index (χ1n) is 6.54. The van der Waals surface area contributed by atoms with Gasteiger partial charge in [0.2, 0.25) is 0 Å².